The van der Waals surface area contributed by atoms with Gasteiger partial charge in [-0.3, -0.25) is 4.79 Å². The average Bonchev–Trinajstić information content (AvgIpc) is 3.13. The van der Waals surface area contributed by atoms with Crippen LogP contribution < -0.4 is 10.1 Å². The maximum absolute atomic E-state index is 12.5. The van der Waals surface area contributed by atoms with Gasteiger partial charge in [0, 0.05) is 18.4 Å². The molecule has 1 aromatic carbocycles. The Bertz CT molecular complexity index is 782. The molecule has 1 saturated heterocycles. The number of nitriles is 1. The Labute approximate surface area is 156 Å². The van der Waals surface area contributed by atoms with Crippen molar-refractivity contribution in [2.75, 3.05) is 20.3 Å². The second kappa shape index (κ2) is 8.81. The third-order valence-corrected chi connectivity index (χ3v) is 5.11. The monoisotopic (exact) mass is 372 g/mol. The lowest BCUT2D eigenvalue weighted by molar-refractivity contribution is -0.00282. The number of ether oxygens (including phenoxy) is 3. The fourth-order valence-corrected chi connectivity index (χ4v) is 3.62. The molecule has 2 heterocycles. The number of hydrogen-bond acceptors (Lipinski definition) is 6. The third-order valence-electron chi connectivity index (χ3n) is 4.05. The van der Waals surface area contributed by atoms with Crippen molar-refractivity contribution in [2.24, 2.45) is 0 Å². The number of hydrogen-bond donors (Lipinski definition) is 1. The Morgan fingerprint density at radius 2 is 2.15 bits per heavy atom. The summed E-state index contributed by atoms with van der Waals surface area (Å²) < 4.78 is 16.6. The quantitative estimate of drug-likeness (QED) is 0.843. The molecule has 7 heteroatoms. The largest absolute Gasteiger partial charge is 0.488 e. The van der Waals surface area contributed by atoms with Crippen molar-refractivity contribution in [3.63, 3.8) is 0 Å². The molecule has 2 atom stereocenters. The van der Waals surface area contributed by atoms with Crippen LogP contribution in [0.4, 0.5) is 0 Å². The first-order chi connectivity index (χ1) is 12.7. The molecule has 1 amide bonds. The van der Waals surface area contributed by atoms with Gasteiger partial charge >= 0.3 is 0 Å². The molecule has 1 aliphatic heterocycles. The zero-order valence-electron chi connectivity index (χ0n) is 14.4. The van der Waals surface area contributed by atoms with Gasteiger partial charge in [0.05, 0.1) is 42.4 Å². The second-order valence-electron chi connectivity index (χ2n) is 5.94. The van der Waals surface area contributed by atoms with Gasteiger partial charge in [-0.1, -0.05) is 0 Å². The molecule has 1 N–H and O–H groups in total. The maximum atomic E-state index is 12.5. The van der Waals surface area contributed by atoms with Crippen LogP contribution in [0.1, 0.15) is 26.5 Å². The summed E-state index contributed by atoms with van der Waals surface area (Å²) in [5, 5.41) is 11.9. The molecular formula is C19H20N2O4S. The van der Waals surface area contributed by atoms with Crippen LogP contribution in [0.5, 0.6) is 5.75 Å². The van der Waals surface area contributed by atoms with Crippen LogP contribution in [0.3, 0.4) is 0 Å². The zero-order valence-corrected chi connectivity index (χ0v) is 15.3. The van der Waals surface area contributed by atoms with Crippen LogP contribution in [0, 0.1) is 11.3 Å². The smallest absolute Gasteiger partial charge is 0.261 e. The molecule has 0 saturated carbocycles. The van der Waals surface area contributed by atoms with Gasteiger partial charge < -0.3 is 19.5 Å². The summed E-state index contributed by atoms with van der Waals surface area (Å²) in [6.45, 7) is 1.49. The topological polar surface area (TPSA) is 80.6 Å². The molecule has 0 spiro atoms. The molecule has 0 radical (unpaired) electrons. The number of amides is 1. The number of carbonyl (C=O) groups is 1. The zero-order chi connectivity index (χ0) is 18.4. The molecule has 0 bridgehead atoms. The minimum atomic E-state index is -0.236. The highest BCUT2D eigenvalue weighted by atomic mass is 32.1. The molecule has 2 aromatic rings. The highest BCUT2D eigenvalue weighted by Crippen LogP contribution is 2.21. The van der Waals surface area contributed by atoms with E-state index in [2.05, 4.69) is 11.4 Å². The molecule has 1 aromatic heterocycles. The van der Waals surface area contributed by atoms with E-state index in [0.717, 1.165) is 4.88 Å². The highest BCUT2D eigenvalue weighted by molar-refractivity contribution is 7.14. The van der Waals surface area contributed by atoms with E-state index in [9.17, 15) is 4.79 Å². The van der Waals surface area contributed by atoms with E-state index in [1.165, 1.54) is 11.3 Å². The van der Waals surface area contributed by atoms with Crippen molar-refractivity contribution in [1.29, 1.82) is 5.26 Å². The highest BCUT2D eigenvalue weighted by Gasteiger charge is 2.29. The summed E-state index contributed by atoms with van der Waals surface area (Å²) in [6.07, 6.45) is 0.503. The van der Waals surface area contributed by atoms with E-state index in [1.54, 1.807) is 37.4 Å². The van der Waals surface area contributed by atoms with Crippen LogP contribution in [-0.4, -0.2) is 38.4 Å². The predicted molar refractivity (Wildman–Crippen MR) is 97.3 cm³/mol. The minimum Gasteiger partial charge on any atom is -0.488 e. The number of nitrogens with one attached hydrogen (secondary N) is 1. The Balaban J connectivity index is 1.64. The number of carbonyl (C=O) groups excluding carboxylic acids is 1. The number of thiophene rings is 1. The van der Waals surface area contributed by atoms with Crippen molar-refractivity contribution < 1.29 is 19.0 Å². The van der Waals surface area contributed by atoms with Crippen LogP contribution in [-0.2, 0) is 16.1 Å². The SMILES string of the molecule is COCc1ccc(C(=O)N[C@@H]2COCC[C@H]2Oc2ccc(C#N)cc2)s1. The van der Waals surface area contributed by atoms with Crippen LogP contribution in [0.25, 0.3) is 0 Å². The van der Waals surface area contributed by atoms with Crippen molar-refractivity contribution >= 4 is 17.2 Å². The molecule has 0 unspecified atom stereocenters. The predicted octanol–water partition coefficient (Wildman–Crippen LogP) is 2.73. The fraction of sp³-hybridized carbons (Fsp3) is 0.368. The Kier molecular flexibility index (Phi) is 6.23. The van der Waals surface area contributed by atoms with E-state index in [-0.39, 0.29) is 18.1 Å². The lowest BCUT2D eigenvalue weighted by atomic mass is 10.1. The summed E-state index contributed by atoms with van der Waals surface area (Å²) in [5.74, 6) is 0.537. The van der Waals surface area contributed by atoms with Crippen LogP contribution in [0.2, 0.25) is 0 Å². The molecule has 3 rings (SSSR count). The third kappa shape index (κ3) is 4.61. The molecule has 0 aliphatic carbocycles. The van der Waals surface area contributed by atoms with Gasteiger partial charge in [-0.15, -0.1) is 11.3 Å². The lowest BCUT2D eigenvalue weighted by Gasteiger charge is -2.32. The van der Waals surface area contributed by atoms with Crippen molar-refractivity contribution in [2.45, 2.75) is 25.2 Å². The maximum Gasteiger partial charge on any atom is 0.261 e. The molecular weight excluding hydrogens is 352 g/mol. The Morgan fingerprint density at radius 3 is 2.88 bits per heavy atom. The van der Waals surface area contributed by atoms with Crippen molar-refractivity contribution in [3.8, 4) is 11.8 Å². The second-order valence-corrected chi connectivity index (χ2v) is 7.10. The first kappa shape index (κ1) is 18.4. The van der Waals surface area contributed by atoms with Gasteiger partial charge in [0.1, 0.15) is 11.9 Å². The first-order valence-electron chi connectivity index (χ1n) is 8.32. The van der Waals surface area contributed by atoms with Crippen LogP contribution >= 0.6 is 11.3 Å². The van der Waals surface area contributed by atoms with Crippen LogP contribution in [0.15, 0.2) is 36.4 Å². The van der Waals surface area contributed by atoms with Crippen molar-refractivity contribution in [3.05, 3.63) is 51.7 Å². The van der Waals surface area contributed by atoms with E-state index in [0.29, 0.717) is 42.4 Å². The van der Waals surface area contributed by atoms with Gasteiger partial charge in [-0.25, -0.2) is 0 Å². The Morgan fingerprint density at radius 1 is 1.35 bits per heavy atom. The molecule has 26 heavy (non-hydrogen) atoms. The molecule has 1 fully saturated rings. The van der Waals surface area contributed by atoms with Gasteiger partial charge in [0.25, 0.3) is 5.91 Å². The van der Waals surface area contributed by atoms with E-state index < -0.39 is 0 Å². The van der Waals surface area contributed by atoms with Gasteiger partial charge in [-0.05, 0) is 36.4 Å². The Hall–Kier alpha value is -2.40. The first-order valence-corrected chi connectivity index (χ1v) is 9.14. The number of rotatable bonds is 6. The van der Waals surface area contributed by atoms with E-state index in [4.69, 9.17) is 19.5 Å². The number of methoxy groups -OCH3 is 1. The molecule has 6 nitrogen and oxygen atoms in total. The minimum absolute atomic E-state index is 0.138. The van der Waals surface area contributed by atoms with Gasteiger partial charge in [0.2, 0.25) is 0 Å². The summed E-state index contributed by atoms with van der Waals surface area (Å²) >= 11 is 1.41. The normalized spacial score (nSPS) is 19.5. The number of benzene rings is 1. The number of nitrogens with zero attached hydrogens (tertiary/aromatic N) is 1. The summed E-state index contributed by atoms with van der Waals surface area (Å²) in [4.78, 5) is 14.2. The molecule has 136 valence electrons. The fourth-order valence-electron chi connectivity index (χ4n) is 2.74. The van der Waals surface area contributed by atoms with Gasteiger partial charge in [0.15, 0.2) is 0 Å². The lowest BCUT2D eigenvalue weighted by Crippen LogP contribution is -2.51. The standard InChI is InChI=1S/C19H20N2O4S/c1-23-11-15-6-7-18(26-15)19(22)21-16-12-24-9-8-17(16)25-14-4-2-13(10-20)3-5-14/h2-7,16-17H,8-9,11-12H2,1H3,(H,21,22)/t16-,17-/m1/s1. The molecule has 1 aliphatic rings. The van der Waals surface area contributed by atoms with E-state index >= 15 is 0 Å². The summed E-state index contributed by atoms with van der Waals surface area (Å²) in [5.41, 5.74) is 0.582. The summed E-state index contributed by atoms with van der Waals surface area (Å²) in [6, 6.07) is 12.5. The van der Waals surface area contributed by atoms with Gasteiger partial charge in [-0.2, -0.15) is 5.26 Å². The summed E-state index contributed by atoms with van der Waals surface area (Å²) in [7, 11) is 1.63. The average molecular weight is 372 g/mol. The van der Waals surface area contributed by atoms with E-state index in [1.807, 2.05) is 6.07 Å². The van der Waals surface area contributed by atoms with Crippen molar-refractivity contribution in [1.82, 2.24) is 5.32 Å².